The Labute approximate surface area is 126 Å². The Morgan fingerprint density at radius 2 is 2.15 bits per heavy atom. The summed E-state index contributed by atoms with van der Waals surface area (Å²) in [6.07, 6.45) is 3.10. The van der Waals surface area contributed by atoms with Crippen LogP contribution in [0.25, 0.3) is 0 Å². The molecule has 1 aromatic heterocycles. The Morgan fingerprint density at radius 1 is 1.35 bits per heavy atom. The fourth-order valence-corrected chi connectivity index (χ4v) is 2.42. The number of thioether (sulfide) groups is 1. The molecule has 2 aromatic rings. The number of aromatic amines is 1. The van der Waals surface area contributed by atoms with Crippen LogP contribution in [0.5, 0.6) is 0 Å². The highest BCUT2D eigenvalue weighted by Gasteiger charge is 2.03. The van der Waals surface area contributed by atoms with Gasteiger partial charge >= 0.3 is 0 Å². The largest absolute Gasteiger partial charge is 0.355 e. The molecule has 0 spiro atoms. The average molecular weight is 311 g/mol. The van der Waals surface area contributed by atoms with Gasteiger partial charge in [0.2, 0.25) is 5.91 Å². The molecule has 5 nitrogen and oxygen atoms in total. The third kappa shape index (κ3) is 5.22. The molecule has 2 N–H and O–H groups in total. The highest BCUT2D eigenvalue weighted by atomic mass is 35.5. The van der Waals surface area contributed by atoms with Gasteiger partial charge in [-0.05, 0) is 30.7 Å². The van der Waals surface area contributed by atoms with Gasteiger partial charge in [-0.2, -0.15) is 5.10 Å². The summed E-state index contributed by atoms with van der Waals surface area (Å²) in [5, 5.41) is 10.1. The highest BCUT2D eigenvalue weighted by Crippen LogP contribution is 2.19. The van der Waals surface area contributed by atoms with E-state index in [0.29, 0.717) is 17.3 Å². The van der Waals surface area contributed by atoms with E-state index >= 15 is 0 Å². The number of carbonyl (C=O) groups is 1. The summed E-state index contributed by atoms with van der Waals surface area (Å²) in [4.78, 5) is 16.7. The van der Waals surface area contributed by atoms with Crippen LogP contribution in [0.15, 0.2) is 35.5 Å². The van der Waals surface area contributed by atoms with Crippen LogP contribution in [0.3, 0.4) is 0 Å². The lowest BCUT2D eigenvalue weighted by atomic mass is 10.3. The van der Waals surface area contributed by atoms with E-state index < -0.39 is 0 Å². The second-order valence-electron chi connectivity index (χ2n) is 4.13. The van der Waals surface area contributed by atoms with E-state index in [1.54, 1.807) is 0 Å². The molecule has 0 bridgehead atoms. The van der Waals surface area contributed by atoms with Crippen LogP contribution in [0, 0.1) is 0 Å². The SMILES string of the molecule is O=C(CSc1ccc(Cl)cc1)NCCCc1ncn[nH]1. The van der Waals surface area contributed by atoms with Gasteiger partial charge in [0.25, 0.3) is 0 Å². The van der Waals surface area contributed by atoms with Crippen LogP contribution in [-0.2, 0) is 11.2 Å². The molecule has 0 radical (unpaired) electrons. The zero-order chi connectivity index (χ0) is 14.2. The number of aromatic nitrogens is 3. The van der Waals surface area contributed by atoms with Crippen molar-refractivity contribution in [2.45, 2.75) is 17.7 Å². The van der Waals surface area contributed by atoms with Crippen molar-refractivity contribution in [3.05, 3.63) is 41.4 Å². The van der Waals surface area contributed by atoms with Crippen molar-refractivity contribution >= 4 is 29.3 Å². The molecule has 2 rings (SSSR count). The molecule has 0 aliphatic heterocycles. The number of H-pyrrole nitrogens is 1. The van der Waals surface area contributed by atoms with Crippen LogP contribution in [0.1, 0.15) is 12.2 Å². The fraction of sp³-hybridized carbons (Fsp3) is 0.308. The molecule has 1 aromatic carbocycles. The van der Waals surface area contributed by atoms with E-state index in [9.17, 15) is 4.79 Å². The van der Waals surface area contributed by atoms with Gasteiger partial charge in [0, 0.05) is 22.9 Å². The van der Waals surface area contributed by atoms with E-state index in [1.807, 2.05) is 24.3 Å². The normalized spacial score (nSPS) is 10.4. The molecular weight excluding hydrogens is 296 g/mol. The zero-order valence-corrected chi connectivity index (χ0v) is 12.4. The third-order valence-corrected chi connectivity index (χ3v) is 3.83. The second-order valence-corrected chi connectivity index (χ2v) is 5.61. The third-order valence-electron chi connectivity index (χ3n) is 2.56. The quantitative estimate of drug-likeness (QED) is 0.608. The Bertz CT molecular complexity index is 530. The molecule has 0 saturated heterocycles. The highest BCUT2D eigenvalue weighted by molar-refractivity contribution is 8.00. The number of nitrogens with zero attached hydrogens (tertiary/aromatic N) is 2. The van der Waals surface area contributed by atoms with Gasteiger partial charge in [-0.15, -0.1) is 11.8 Å². The van der Waals surface area contributed by atoms with E-state index in [4.69, 9.17) is 11.6 Å². The van der Waals surface area contributed by atoms with Gasteiger partial charge in [0.15, 0.2) is 0 Å². The molecule has 20 heavy (non-hydrogen) atoms. The van der Waals surface area contributed by atoms with E-state index in [0.717, 1.165) is 23.6 Å². The summed E-state index contributed by atoms with van der Waals surface area (Å²) in [5.74, 6) is 1.28. The molecular formula is C13H15ClN4OS. The van der Waals surface area contributed by atoms with Crippen LogP contribution in [0.4, 0.5) is 0 Å². The minimum Gasteiger partial charge on any atom is -0.355 e. The summed E-state index contributed by atoms with van der Waals surface area (Å²) in [5.41, 5.74) is 0. The Hall–Kier alpha value is -1.53. The first-order valence-electron chi connectivity index (χ1n) is 6.23. The number of nitrogens with one attached hydrogen (secondary N) is 2. The van der Waals surface area contributed by atoms with Crippen molar-refractivity contribution < 1.29 is 4.79 Å². The van der Waals surface area contributed by atoms with Crippen molar-refractivity contribution in [1.82, 2.24) is 20.5 Å². The molecule has 0 aliphatic carbocycles. The molecule has 0 unspecified atom stereocenters. The number of carbonyl (C=O) groups excluding carboxylic acids is 1. The average Bonchev–Trinajstić information content (AvgIpc) is 2.96. The van der Waals surface area contributed by atoms with Gasteiger partial charge in [0.05, 0.1) is 5.75 Å². The maximum Gasteiger partial charge on any atom is 0.230 e. The number of rotatable bonds is 7. The Morgan fingerprint density at radius 3 is 2.85 bits per heavy atom. The van der Waals surface area contributed by atoms with Gasteiger partial charge in [-0.3, -0.25) is 9.89 Å². The lowest BCUT2D eigenvalue weighted by Crippen LogP contribution is -2.26. The summed E-state index contributed by atoms with van der Waals surface area (Å²) < 4.78 is 0. The van der Waals surface area contributed by atoms with Crippen LogP contribution < -0.4 is 5.32 Å². The summed E-state index contributed by atoms with van der Waals surface area (Å²) in [7, 11) is 0. The van der Waals surface area contributed by atoms with Gasteiger partial charge in [-0.25, -0.2) is 4.98 Å². The van der Waals surface area contributed by atoms with Crippen molar-refractivity contribution in [2.75, 3.05) is 12.3 Å². The van der Waals surface area contributed by atoms with Gasteiger partial charge < -0.3 is 5.32 Å². The Balaban J connectivity index is 1.59. The monoisotopic (exact) mass is 310 g/mol. The van der Waals surface area contributed by atoms with E-state index in [1.165, 1.54) is 18.1 Å². The minimum atomic E-state index is 0.0301. The summed E-state index contributed by atoms with van der Waals surface area (Å²) >= 11 is 7.29. The summed E-state index contributed by atoms with van der Waals surface area (Å²) in [6, 6.07) is 7.45. The molecule has 0 atom stereocenters. The number of amides is 1. The second kappa shape index (κ2) is 7.91. The topological polar surface area (TPSA) is 70.7 Å². The van der Waals surface area contributed by atoms with Crippen LogP contribution in [0.2, 0.25) is 5.02 Å². The predicted octanol–water partition coefficient (Wildman–Crippen LogP) is 2.30. The number of halogens is 1. The molecule has 0 aliphatic rings. The maximum absolute atomic E-state index is 11.7. The van der Waals surface area contributed by atoms with Crippen LogP contribution in [-0.4, -0.2) is 33.4 Å². The van der Waals surface area contributed by atoms with E-state index in [-0.39, 0.29) is 5.91 Å². The lowest BCUT2D eigenvalue weighted by Gasteiger charge is -2.04. The number of aryl methyl sites for hydroxylation is 1. The van der Waals surface area contributed by atoms with Gasteiger partial charge in [0.1, 0.15) is 12.2 Å². The molecule has 0 saturated carbocycles. The van der Waals surface area contributed by atoms with Crippen molar-refractivity contribution in [3.63, 3.8) is 0 Å². The fourth-order valence-electron chi connectivity index (χ4n) is 1.57. The minimum absolute atomic E-state index is 0.0301. The standard InChI is InChI=1S/C13H15ClN4OS/c14-10-3-5-11(6-4-10)20-8-13(19)15-7-1-2-12-16-9-17-18-12/h3-6,9H,1-2,7-8H2,(H,15,19)(H,16,17,18). The van der Waals surface area contributed by atoms with Gasteiger partial charge in [-0.1, -0.05) is 11.6 Å². The molecule has 7 heteroatoms. The number of benzene rings is 1. The molecule has 1 heterocycles. The smallest absolute Gasteiger partial charge is 0.230 e. The Kier molecular flexibility index (Phi) is 5.88. The molecule has 106 valence electrons. The van der Waals surface area contributed by atoms with Crippen molar-refractivity contribution in [1.29, 1.82) is 0 Å². The number of hydrogen-bond donors (Lipinski definition) is 2. The van der Waals surface area contributed by atoms with Crippen molar-refractivity contribution in [3.8, 4) is 0 Å². The van der Waals surface area contributed by atoms with E-state index in [2.05, 4.69) is 20.5 Å². The molecule has 1 amide bonds. The van der Waals surface area contributed by atoms with Crippen molar-refractivity contribution in [2.24, 2.45) is 0 Å². The predicted molar refractivity (Wildman–Crippen MR) is 79.9 cm³/mol. The number of hydrogen-bond acceptors (Lipinski definition) is 4. The molecule has 0 fully saturated rings. The maximum atomic E-state index is 11.7. The first-order chi connectivity index (χ1) is 9.74. The first-order valence-corrected chi connectivity index (χ1v) is 7.60. The lowest BCUT2D eigenvalue weighted by molar-refractivity contribution is -0.118. The first kappa shape index (κ1) is 14.9. The zero-order valence-electron chi connectivity index (χ0n) is 10.8. The summed E-state index contributed by atoms with van der Waals surface area (Å²) in [6.45, 7) is 0.640. The van der Waals surface area contributed by atoms with Crippen LogP contribution >= 0.6 is 23.4 Å².